The Kier molecular flexibility index (Phi) is 4.62. The number of primary amides is 1. The molecule has 10 heteroatoms. The molecule has 0 aliphatic carbocycles. The molecule has 1 rings (SSSR count). The van der Waals surface area contributed by atoms with E-state index in [4.69, 9.17) is 5.73 Å². The quantitative estimate of drug-likeness (QED) is 0.517. The van der Waals surface area contributed by atoms with Crippen molar-refractivity contribution in [1.29, 1.82) is 0 Å². The number of carbonyl (C=O) groups excluding carboxylic acids is 1. The predicted molar refractivity (Wildman–Crippen MR) is 61.5 cm³/mol. The Hall–Kier alpha value is -1.94. The van der Waals surface area contributed by atoms with Gasteiger partial charge < -0.3 is 16.2 Å². The van der Waals surface area contributed by atoms with Crippen LogP contribution in [0.3, 0.4) is 0 Å². The van der Waals surface area contributed by atoms with Crippen molar-refractivity contribution in [1.82, 2.24) is 4.72 Å². The second-order valence-electron chi connectivity index (χ2n) is 3.38. The van der Waals surface area contributed by atoms with Gasteiger partial charge in [-0.05, 0) is 12.1 Å². The first kappa shape index (κ1) is 15.1. The van der Waals surface area contributed by atoms with Crippen molar-refractivity contribution in [3.05, 3.63) is 23.8 Å². The first-order valence-electron chi connectivity index (χ1n) is 4.90. The zero-order valence-corrected chi connectivity index (χ0v) is 10.3. The second-order valence-corrected chi connectivity index (χ2v) is 5.08. The third kappa shape index (κ3) is 4.03. The number of sulfonamides is 1. The number of nitrogen functional groups attached to an aromatic ring is 1. The third-order valence-electron chi connectivity index (χ3n) is 1.93. The number of hydrogen-bond acceptors (Lipinski definition) is 5. The standard InChI is InChI=1S/C9H11F2N3O4S/c10-6-3-5(12)4-7(11)8(6)19(16,17)14-1-2-18-9(13)15/h3-4,14H,1-2,12H2,(H2,13,15). The van der Waals surface area contributed by atoms with E-state index in [9.17, 15) is 22.0 Å². The molecule has 0 saturated carbocycles. The Morgan fingerprint density at radius 2 is 1.84 bits per heavy atom. The summed E-state index contributed by atoms with van der Waals surface area (Å²) in [4.78, 5) is 9.08. The maximum absolute atomic E-state index is 13.4. The fourth-order valence-corrected chi connectivity index (χ4v) is 2.36. The summed E-state index contributed by atoms with van der Waals surface area (Å²) < 4.78 is 56.2. The maximum atomic E-state index is 13.4. The molecule has 0 aromatic heterocycles. The van der Waals surface area contributed by atoms with Gasteiger partial charge in [0.1, 0.15) is 18.2 Å². The molecular formula is C9H11F2N3O4S. The van der Waals surface area contributed by atoms with Gasteiger partial charge in [0.2, 0.25) is 10.0 Å². The lowest BCUT2D eigenvalue weighted by Crippen LogP contribution is -2.30. The number of benzene rings is 1. The van der Waals surface area contributed by atoms with Crippen LogP contribution in [0.1, 0.15) is 0 Å². The van der Waals surface area contributed by atoms with Gasteiger partial charge in [0.05, 0.1) is 0 Å². The summed E-state index contributed by atoms with van der Waals surface area (Å²) in [7, 11) is -4.42. The molecule has 0 bridgehead atoms. The van der Waals surface area contributed by atoms with Crippen LogP contribution < -0.4 is 16.2 Å². The lowest BCUT2D eigenvalue weighted by Gasteiger charge is -2.09. The van der Waals surface area contributed by atoms with Gasteiger partial charge in [0, 0.05) is 12.2 Å². The number of anilines is 1. The van der Waals surface area contributed by atoms with Crippen molar-refractivity contribution in [2.45, 2.75) is 4.90 Å². The number of carbonyl (C=O) groups is 1. The van der Waals surface area contributed by atoms with Gasteiger partial charge in [-0.1, -0.05) is 0 Å². The maximum Gasteiger partial charge on any atom is 0.404 e. The molecule has 0 atom stereocenters. The highest BCUT2D eigenvalue weighted by atomic mass is 32.2. The van der Waals surface area contributed by atoms with Gasteiger partial charge >= 0.3 is 6.09 Å². The van der Waals surface area contributed by atoms with Crippen LogP contribution in [-0.2, 0) is 14.8 Å². The van der Waals surface area contributed by atoms with Crippen LogP contribution in [0, 0.1) is 11.6 Å². The Bertz CT molecular complexity index is 568. The molecular weight excluding hydrogens is 284 g/mol. The van der Waals surface area contributed by atoms with E-state index >= 15 is 0 Å². The lowest BCUT2D eigenvalue weighted by atomic mass is 10.3. The smallest absolute Gasteiger partial charge is 0.404 e. The summed E-state index contributed by atoms with van der Waals surface area (Å²) in [6.45, 7) is -0.749. The summed E-state index contributed by atoms with van der Waals surface area (Å²) in [6, 6.07) is 1.36. The van der Waals surface area contributed by atoms with Gasteiger partial charge in [0.15, 0.2) is 4.90 Å². The highest BCUT2D eigenvalue weighted by molar-refractivity contribution is 7.89. The molecule has 0 fully saturated rings. The number of halogens is 2. The van der Waals surface area contributed by atoms with Crippen LogP contribution >= 0.6 is 0 Å². The zero-order chi connectivity index (χ0) is 14.6. The molecule has 0 aliphatic heterocycles. The average molecular weight is 295 g/mol. The molecule has 106 valence electrons. The zero-order valence-electron chi connectivity index (χ0n) is 9.52. The number of amides is 1. The molecule has 0 heterocycles. The fourth-order valence-electron chi connectivity index (χ4n) is 1.24. The summed E-state index contributed by atoms with van der Waals surface area (Å²) in [6.07, 6.45) is -1.09. The van der Waals surface area contributed by atoms with Crippen LogP contribution in [0.4, 0.5) is 19.3 Å². The van der Waals surface area contributed by atoms with E-state index in [2.05, 4.69) is 10.5 Å². The number of ether oxygens (including phenoxy) is 1. The molecule has 1 amide bonds. The van der Waals surface area contributed by atoms with E-state index in [0.29, 0.717) is 12.1 Å². The van der Waals surface area contributed by atoms with Crippen molar-refractivity contribution >= 4 is 21.8 Å². The normalized spacial score (nSPS) is 11.3. The molecule has 0 saturated heterocycles. The van der Waals surface area contributed by atoms with E-state index in [-0.39, 0.29) is 18.8 Å². The average Bonchev–Trinajstić information content (AvgIpc) is 2.22. The number of nitrogens with two attached hydrogens (primary N) is 2. The number of nitrogens with one attached hydrogen (secondary N) is 1. The summed E-state index contributed by atoms with van der Waals surface area (Å²) in [5.74, 6) is -2.64. The van der Waals surface area contributed by atoms with Crippen LogP contribution in [-0.4, -0.2) is 27.7 Å². The summed E-state index contributed by atoms with van der Waals surface area (Å²) in [5.41, 5.74) is 9.56. The summed E-state index contributed by atoms with van der Waals surface area (Å²) in [5, 5.41) is 0. The molecule has 0 aliphatic rings. The molecule has 1 aromatic rings. The Morgan fingerprint density at radius 1 is 1.32 bits per heavy atom. The van der Waals surface area contributed by atoms with Gasteiger partial charge in [-0.2, -0.15) is 0 Å². The molecule has 0 unspecified atom stereocenters. The van der Waals surface area contributed by atoms with Crippen LogP contribution in [0.2, 0.25) is 0 Å². The minimum Gasteiger partial charge on any atom is -0.448 e. The SMILES string of the molecule is NC(=O)OCCNS(=O)(=O)c1c(F)cc(N)cc1F. The van der Waals surface area contributed by atoms with Crippen molar-refractivity contribution in [3.8, 4) is 0 Å². The number of hydrogen-bond donors (Lipinski definition) is 3. The second kappa shape index (κ2) is 5.80. The number of rotatable bonds is 5. The minimum atomic E-state index is -4.42. The molecule has 5 N–H and O–H groups in total. The first-order valence-corrected chi connectivity index (χ1v) is 6.39. The topological polar surface area (TPSA) is 125 Å². The van der Waals surface area contributed by atoms with Crippen LogP contribution in [0.25, 0.3) is 0 Å². The van der Waals surface area contributed by atoms with E-state index in [1.807, 2.05) is 4.72 Å². The van der Waals surface area contributed by atoms with Crippen LogP contribution in [0.5, 0.6) is 0 Å². The molecule has 0 radical (unpaired) electrons. The highest BCUT2D eigenvalue weighted by Crippen LogP contribution is 2.21. The Labute approximate surface area is 107 Å². The van der Waals surface area contributed by atoms with Gasteiger partial charge in [-0.25, -0.2) is 26.7 Å². The fraction of sp³-hybridized carbons (Fsp3) is 0.222. The summed E-state index contributed by atoms with van der Waals surface area (Å²) >= 11 is 0. The molecule has 19 heavy (non-hydrogen) atoms. The monoisotopic (exact) mass is 295 g/mol. The Morgan fingerprint density at radius 3 is 2.32 bits per heavy atom. The van der Waals surface area contributed by atoms with E-state index in [0.717, 1.165) is 0 Å². The van der Waals surface area contributed by atoms with Gasteiger partial charge in [-0.15, -0.1) is 0 Å². The molecule has 7 nitrogen and oxygen atoms in total. The van der Waals surface area contributed by atoms with E-state index in [1.165, 1.54) is 0 Å². The van der Waals surface area contributed by atoms with Crippen molar-refractivity contribution in [2.24, 2.45) is 5.73 Å². The lowest BCUT2D eigenvalue weighted by molar-refractivity contribution is 0.159. The highest BCUT2D eigenvalue weighted by Gasteiger charge is 2.24. The van der Waals surface area contributed by atoms with E-state index < -0.39 is 32.6 Å². The first-order chi connectivity index (χ1) is 8.74. The molecule has 0 spiro atoms. The van der Waals surface area contributed by atoms with E-state index in [1.54, 1.807) is 0 Å². The van der Waals surface area contributed by atoms with Crippen molar-refractivity contribution < 1.29 is 26.7 Å². The third-order valence-corrected chi connectivity index (χ3v) is 3.44. The molecule has 1 aromatic carbocycles. The van der Waals surface area contributed by atoms with Crippen molar-refractivity contribution in [3.63, 3.8) is 0 Å². The van der Waals surface area contributed by atoms with Gasteiger partial charge in [0.25, 0.3) is 0 Å². The van der Waals surface area contributed by atoms with Gasteiger partial charge in [-0.3, -0.25) is 0 Å². The largest absolute Gasteiger partial charge is 0.448 e. The van der Waals surface area contributed by atoms with Crippen LogP contribution in [0.15, 0.2) is 17.0 Å². The minimum absolute atomic E-state index is 0.244. The predicted octanol–water partition coefficient (Wildman–Crippen LogP) is -0.0794. The Balaban J connectivity index is 2.86. The van der Waals surface area contributed by atoms with Crippen molar-refractivity contribution in [2.75, 3.05) is 18.9 Å².